The highest BCUT2D eigenvalue weighted by molar-refractivity contribution is 5.51. The van der Waals surface area contributed by atoms with Gasteiger partial charge in [0.1, 0.15) is 0 Å². The maximum Gasteiger partial charge on any atom is 0.0725 e. The zero-order valence-corrected chi connectivity index (χ0v) is 8.91. The molecule has 1 aromatic rings. The second-order valence-corrected chi connectivity index (χ2v) is 4.08. The molecule has 1 nitrogen and oxygen atoms in total. The van der Waals surface area contributed by atoms with Gasteiger partial charge in [-0.3, -0.25) is 0 Å². The Balaban J connectivity index is 2.85. The van der Waals surface area contributed by atoms with Gasteiger partial charge in [0.15, 0.2) is 0 Å². The summed E-state index contributed by atoms with van der Waals surface area (Å²) in [4.78, 5) is 0. The molecule has 0 bridgehead atoms. The summed E-state index contributed by atoms with van der Waals surface area (Å²) in [6.07, 6.45) is 3.93. The molecule has 0 radical (unpaired) electrons. The average Bonchev–Trinajstić information content (AvgIpc) is 2.15. The molecule has 14 heavy (non-hydrogen) atoms. The van der Waals surface area contributed by atoms with Crippen LogP contribution >= 0.6 is 0 Å². The molecule has 0 atom stereocenters. The number of aryl methyl sites for hydroxylation is 1. The molecule has 0 aromatic heterocycles. The molecule has 1 heteroatoms. The van der Waals surface area contributed by atoms with Crippen LogP contribution in [-0.2, 0) is 0 Å². The van der Waals surface area contributed by atoms with Gasteiger partial charge in [-0.15, -0.1) is 0 Å². The molecular formula is C13H15N. The second kappa shape index (κ2) is 4.11. The van der Waals surface area contributed by atoms with Crippen LogP contribution in [0.5, 0.6) is 0 Å². The minimum Gasteiger partial charge on any atom is -0.197 e. The van der Waals surface area contributed by atoms with Gasteiger partial charge in [0.2, 0.25) is 0 Å². The third-order valence-corrected chi connectivity index (χ3v) is 2.02. The van der Waals surface area contributed by atoms with Crippen molar-refractivity contribution in [2.45, 2.75) is 20.8 Å². The second-order valence-electron chi connectivity index (χ2n) is 4.08. The Hall–Kier alpha value is -1.55. The number of rotatable bonds is 2. The quantitative estimate of drug-likeness (QED) is 0.691. The van der Waals surface area contributed by atoms with E-state index < -0.39 is 0 Å². The fourth-order valence-electron chi connectivity index (χ4n) is 1.12. The van der Waals surface area contributed by atoms with E-state index >= 15 is 0 Å². The first-order valence-electron chi connectivity index (χ1n) is 4.71. The minimum atomic E-state index is -0.385. The van der Waals surface area contributed by atoms with E-state index in [2.05, 4.69) is 25.1 Å². The molecule has 0 saturated heterocycles. The van der Waals surface area contributed by atoms with E-state index in [4.69, 9.17) is 5.26 Å². The number of allylic oxidation sites excluding steroid dienone is 1. The van der Waals surface area contributed by atoms with Gasteiger partial charge < -0.3 is 0 Å². The average molecular weight is 185 g/mol. The van der Waals surface area contributed by atoms with Crippen LogP contribution in [0, 0.1) is 23.7 Å². The van der Waals surface area contributed by atoms with Crippen molar-refractivity contribution >= 4 is 6.08 Å². The fourth-order valence-corrected chi connectivity index (χ4v) is 1.12. The van der Waals surface area contributed by atoms with Gasteiger partial charge in [-0.05, 0) is 26.3 Å². The number of nitrogens with zero attached hydrogens (tertiary/aromatic N) is 1. The molecule has 0 saturated carbocycles. The lowest BCUT2D eigenvalue weighted by Crippen LogP contribution is -2.01. The highest BCUT2D eigenvalue weighted by Gasteiger charge is 2.10. The first-order valence-corrected chi connectivity index (χ1v) is 4.71. The first kappa shape index (κ1) is 10.5. The maximum absolute atomic E-state index is 8.83. The minimum absolute atomic E-state index is 0.385. The molecular weight excluding hydrogens is 170 g/mol. The molecule has 0 N–H and O–H groups in total. The Morgan fingerprint density at radius 3 is 2.64 bits per heavy atom. The first-order chi connectivity index (χ1) is 6.53. The molecule has 0 aliphatic carbocycles. The van der Waals surface area contributed by atoms with E-state index in [9.17, 15) is 0 Å². The third-order valence-electron chi connectivity index (χ3n) is 2.02. The predicted molar refractivity (Wildman–Crippen MR) is 59.6 cm³/mol. The normalized spacial score (nSPS) is 11.6. The van der Waals surface area contributed by atoms with Crippen LogP contribution in [0.4, 0.5) is 0 Å². The van der Waals surface area contributed by atoms with E-state index in [1.807, 2.05) is 38.1 Å². The van der Waals surface area contributed by atoms with Gasteiger partial charge in [-0.2, -0.15) is 5.26 Å². The lowest BCUT2D eigenvalue weighted by atomic mass is 9.94. The van der Waals surface area contributed by atoms with Crippen molar-refractivity contribution in [3.05, 3.63) is 41.5 Å². The van der Waals surface area contributed by atoms with Crippen LogP contribution in [0.25, 0.3) is 6.08 Å². The van der Waals surface area contributed by atoms with Crippen LogP contribution < -0.4 is 0 Å². The molecule has 72 valence electrons. The van der Waals surface area contributed by atoms with E-state index in [-0.39, 0.29) is 5.41 Å². The summed E-state index contributed by atoms with van der Waals surface area (Å²) < 4.78 is 0. The summed E-state index contributed by atoms with van der Waals surface area (Å²) in [5.74, 6) is 0. The number of nitriles is 1. The van der Waals surface area contributed by atoms with Gasteiger partial charge in [-0.1, -0.05) is 42.0 Å². The van der Waals surface area contributed by atoms with Crippen LogP contribution in [0.2, 0.25) is 0 Å². The van der Waals surface area contributed by atoms with Gasteiger partial charge in [0, 0.05) is 0 Å². The number of hydrogen-bond donors (Lipinski definition) is 0. The van der Waals surface area contributed by atoms with Crippen molar-refractivity contribution < 1.29 is 0 Å². The molecule has 0 unspecified atom stereocenters. The van der Waals surface area contributed by atoms with Crippen LogP contribution in [0.1, 0.15) is 25.0 Å². The highest BCUT2D eigenvalue weighted by Crippen LogP contribution is 2.17. The Morgan fingerprint density at radius 1 is 1.36 bits per heavy atom. The highest BCUT2D eigenvalue weighted by atomic mass is 14.3. The predicted octanol–water partition coefficient (Wildman–Crippen LogP) is 3.56. The SMILES string of the molecule is Cc1cccc(/C=C/C(C)(C)C#N)c1. The van der Waals surface area contributed by atoms with Crippen molar-refractivity contribution in [2.24, 2.45) is 5.41 Å². The Bertz CT molecular complexity index is 380. The van der Waals surface area contributed by atoms with Gasteiger partial charge in [0.25, 0.3) is 0 Å². The number of benzene rings is 1. The van der Waals surface area contributed by atoms with Crippen LogP contribution in [0.15, 0.2) is 30.3 Å². The zero-order chi connectivity index (χ0) is 10.6. The van der Waals surface area contributed by atoms with Crippen molar-refractivity contribution in [2.75, 3.05) is 0 Å². The van der Waals surface area contributed by atoms with Crippen LogP contribution in [-0.4, -0.2) is 0 Å². The molecule has 1 rings (SSSR count). The van der Waals surface area contributed by atoms with Crippen molar-refractivity contribution in [1.29, 1.82) is 5.26 Å². The van der Waals surface area contributed by atoms with E-state index in [0.717, 1.165) is 5.56 Å². The molecule has 1 aromatic carbocycles. The standard InChI is InChI=1S/C13H15N/c1-11-5-4-6-12(9-11)7-8-13(2,3)10-14/h4-9H,1-3H3/b8-7+. The Kier molecular flexibility index (Phi) is 3.09. The number of hydrogen-bond acceptors (Lipinski definition) is 1. The van der Waals surface area contributed by atoms with Crippen molar-refractivity contribution in [3.8, 4) is 6.07 Å². The van der Waals surface area contributed by atoms with E-state index in [1.54, 1.807) is 0 Å². The maximum atomic E-state index is 8.83. The topological polar surface area (TPSA) is 23.8 Å². The van der Waals surface area contributed by atoms with Gasteiger partial charge in [0.05, 0.1) is 11.5 Å². The molecule has 0 aliphatic rings. The summed E-state index contributed by atoms with van der Waals surface area (Å²) in [7, 11) is 0. The smallest absolute Gasteiger partial charge is 0.0725 e. The lowest BCUT2D eigenvalue weighted by Gasteiger charge is -2.07. The molecule has 0 heterocycles. The summed E-state index contributed by atoms with van der Waals surface area (Å²) in [5, 5.41) is 8.83. The van der Waals surface area contributed by atoms with E-state index in [1.165, 1.54) is 5.56 Å². The lowest BCUT2D eigenvalue weighted by molar-refractivity contribution is 0.647. The molecule has 0 fully saturated rings. The summed E-state index contributed by atoms with van der Waals surface area (Å²) in [6, 6.07) is 10.5. The fraction of sp³-hybridized carbons (Fsp3) is 0.308. The van der Waals surface area contributed by atoms with Crippen molar-refractivity contribution in [3.63, 3.8) is 0 Å². The van der Waals surface area contributed by atoms with Crippen LogP contribution in [0.3, 0.4) is 0 Å². The van der Waals surface area contributed by atoms with Gasteiger partial charge >= 0.3 is 0 Å². The summed E-state index contributed by atoms with van der Waals surface area (Å²) in [6.45, 7) is 5.87. The summed E-state index contributed by atoms with van der Waals surface area (Å²) in [5.41, 5.74) is 2.00. The zero-order valence-electron chi connectivity index (χ0n) is 8.91. The molecule has 0 amide bonds. The van der Waals surface area contributed by atoms with Gasteiger partial charge in [-0.25, -0.2) is 0 Å². The summed E-state index contributed by atoms with van der Waals surface area (Å²) >= 11 is 0. The molecule has 0 spiro atoms. The van der Waals surface area contributed by atoms with Crippen molar-refractivity contribution in [1.82, 2.24) is 0 Å². The molecule has 0 aliphatic heterocycles. The Labute approximate surface area is 85.7 Å². The monoisotopic (exact) mass is 185 g/mol. The largest absolute Gasteiger partial charge is 0.197 e. The third kappa shape index (κ3) is 3.06. The Morgan fingerprint density at radius 2 is 2.07 bits per heavy atom. The van der Waals surface area contributed by atoms with E-state index in [0.29, 0.717) is 0 Å².